The van der Waals surface area contributed by atoms with Crippen LogP contribution in [0, 0.1) is 5.92 Å². The Balaban J connectivity index is 0.00000312. The van der Waals surface area contributed by atoms with Crippen LogP contribution in [0.15, 0.2) is 54.6 Å². The molecule has 0 saturated heterocycles. The van der Waals surface area contributed by atoms with Crippen LogP contribution in [0.1, 0.15) is 24.1 Å². The molecule has 25 heavy (non-hydrogen) atoms. The number of carbonyl (C=O) groups excluding carboxylic acids is 1. The molecule has 0 radical (unpaired) electrons. The molecule has 2 rings (SSSR count). The van der Waals surface area contributed by atoms with Crippen LogP contribution in [0.2, 0.25) is 0 Å². The maximum Gasteiger partial charge on any atom is 0.387 e. The summed E-state index contributed by atoms with van der Waals surface area (Å²) in [6, 6.07) is 15.1. The Kier molecular flexibility index (Phi) is 8.31. The Morgan fingerprint density at radius 2 is 1.72 bits per heavy atom. The Hall–Kier alpha value is -2.18. The van der Waals surface area contributed by atoms with E-state index in [9.17, 15) is 13.6 Å². The second-order valence-corrected chi connectivity index (χ2v) is 5.47. The molecule has 0 bridgehead atoms. The minimum atomic E-state index is -2.85. The number of halogens is 3. The summed E-state index contributed by atoms with van der Waals surface area (Å²) in [4.78, 5) is 12.2. The monoisotopic (exact) mass is 370 g/mol. The van der Waals surface area contributed by atoms with Crippen LogP contribution in [0.4, 0.5) is 8.78 Å². The van der Waals surface area contributed by atoms with Gasteiger partial charge < -0.3 is 15.8 Å². The van der Waals surface area contributed by atoms with Crippen LogP contribution in [0.25, 0.3) is 0 Å². The largest absolute Gasteiger partial charge is 0.435 e. The van der Waals surface area contributed by atoms with Crippen molar-refractivity contribution in [3.63, 3.8) is 0 Å². The van der Waals surface area contributed by atoms with Crippen molar-refractivity contribution in [3.8, 4) is 5.75 Å². The van der Waals surface area contributed by atoms with Crippen LogP contribution in [-0.4, -0.2) is 12.5 Å². The highest BCUT2D eigenvalue weighted by Crippen LogP contribution is 2.19. The van der Waals surface area contributed by atoms with E-state index in [-0.39, 0.29) is 24.1 Å². The van der Waals surface area contributed by atoms with E-state index in [0.717, 1.165) is 11.1 Å². The molecule has 2 aromatic carbocycles. The molecule has 1 amide bonds. The van der Waals surface area contributed by atoms with E-state index < -0.39 is 18.6 Å². The third kappa shape index (κ3) is 6.32. The number of alkyl halides is 2. The Morgan fingerprint density at radius 3 is 2.28 bits per heavy atom. The molecule has 136 valence electrons. The van der Waals surface area contributed by atoms with E-state index in [1.54, 1.807) is 19.1 Å². The summed E-state index contributed by atoms with van der Waals surface area (Å²) >= 11 is 0. The molecule has 0 fully saturated rings. The van der Waals surface area contributed by atoms with Crippen molar-refractivity contribution in [2.75, 3.05) is 0 Å². The van der Waals surface area contributed by atoms with Gasteiger partial charge in [0.15, 0.2) is 0 Å². The summed E-state index contributed by atoms with van der Waals surface area (Å²) in [6.07, 6.45) is 0. The van der Waals surface area contributed by atoms with Crippen molar-refractivity contribution in [1.82, 2.24) is 5.32 Å². The number of hydrogen-bond acceptors (Lipinski definition) is 3. The predicted octanol–water partition coefficient (Wildman–Crippen LogP) is 3.66. The Labute approximate surface area is 151 Å². The maximum absolute atomic E-state index is 12.2. The first-order valence-electron chi connectivity index (χ1n) is 7.59. The number of nitrogens with one attached hydrogen (secondary N) is 1. The Bertz CT molecular complexity index is 654. The van der Waals surface area contributed by atoms with Gasteiger partial charge >= 0.3 is 6.61 Å². The van der Waals surface area contributed by atoms with Gasteiger partial charge in [-0.1, -0.05) is 49.4 Å². The second-order valence-electron chi connectivity index (χ2n) is 5.47. The summed E-state index contributed by atoms with van der Waals surface area (Å²) in [5, 5.41) is 2.80. The van der Waals surface area contributed by atoms with Crippen LogP contribution in [0.3, 0.4) is 0 Å². The van der Waals surface area contributed by atoms with Gasteiger partial charge in [0.05, 0.1) is 5.92 Å². The van der Waals surface area contributed by atoms with E-state index in [0.29, 0.717) is 6.54 Å². The first-order chi connectivity index (χ1) is 11.5. The average Bonchev–Trinajstić information content (AvgIpc) is 2.60. The molecular formula is C18H21ClF2N2O2. The van der Waals surface area contributed by atoms with Gasteiger partial charge in [-0.15, -0.1) is 12.4 Å². The molecule has 2 aromatic rings. The molecule has 0 heterocycles. The molecule has 3 N–H and O–H groups in total. The van der Waals surface area contributed by atoms with Gasteiger partial charge in [0.1, 0.15) is 5.75 Å². The quantitative estimate of drug-likeness (QED) is 0.781. The second kappa shape index (κ2) is 9.96. The van der Waals surface area contributed by atoms with E-state index in [2.05, 4.69) is 10.1 Å². The fraction of sp³-hybridized carbons (Fsp3) is 0.278. The number of benzene rings is 2. The van der Waals surface area contributed by atoms with Gasteiger partial charge in [-0.25, -0.2) is 0 Å². The topological polar surface area (TPSA) is 64.3 Å². The predicted molar refractivity (Wildman–Crippen MR) is 94.7 cm³/mol. The summed E-state index contributed by atoms with van der Waals surface area (Å²) in [7, 11) is 0. The van der Waals surface area contributed by atoms with Crippen molar-refractivity contribution in [2.24, 2.45) is 11.7 Å². The lowest BCUT2D eigenvalue weighted by Crippen LogP contribution is -2.35. The molecule has 7 heteroatoms. The molecule has 0 aromatic heterocycles. The maximum atomic E-state index is 12.2. The fourth-order valence-electron chi connectivity index (χ4n) is 2.27. The number of amides is 1. The zero-order valence-electron chi connectivity index (χ0n) is 13.7. The summed E-state index contributed by atoms with van der Waals surface area (Å²) < 4.78 is 28.5. The highest BCUT2D eigenvalue weighted by atomic mass is 35.5. The lowest BCUT2D eigenvalue weighted by molar-refractivity contribution is -0.125. The van der Waals surface area contributed by atoms with Crippen LogP contribution < -0.4 is 15.8 Å². The number of hydrogen-bond donors (Lipinski definition) is 2. The van der Waals surface area contributed by atoms with Crippen molar-refractivity contribution < 1.29 is 18.3 Å². The molecule has 2 atom stereocenters. The molecule has 2 unspecified atom stereocenters. The minimum absolute atomic E-state index is 0. The third-order valence-corrected chi connectivity index (χ3v) is 3.75. The number of carbonyl (C=O) groups is 1. The highest BCUT2D eigenvalue weighted by molar-refractivity contribution is 5.85. The molecule has 0 spiro atoms. The first kappa shape index (κ1) is 20.9. The van der Waals surface area contributed by atoms with E-state index >= 15 is 0 Å². The molecule has 0 saturated carbocycles. The van der Waals surface area contributed by atoms with E-state index in [4.69, 9.17) is 5.73 Å². The van der Waals surface area contributed by atoms with Crippen molar-refractivity contribution in [3.05, 3.63) is 65.7 Å². The first-order valence-corrected chi connectivity index (χ1v) is 7.59. The SMILES string of the molecule is CC(C(=O)NCc1ccc(OC(F)F)cc1)C(N)c1ccccc1.Cl. The smallest absolute Gasteiger partial charge is 0.387 e. The molecule has 0 aliphatic heterocycles. The van der Waals surface area contributed by atoms with Gasteiger partial charge in [-0.05, 0) is 23.3 Å². The number of ether oxygens (including phenoxy) is 1. The average molecular weight is 371 g/mol. The summed E-state index contributed by atoms with van der Waals surface area (Å²) in [5.41, 5.74) is 7.81. The summed E-state index contributed by atoms with van der Waals surface area (Å²) in [6.45, 7) is -0.789. The fourth-order valence-corrected chi connectivity index (χ4v) is 2.27. The zero-order chi connectivity index (χ0) is 17.5. The highest BCUT2D eigenvalue weighted by Gasteiger charge is 2.21. The van der Waals surface area contributed by atoms with Gasteiger partial charge in [-0.3, -0.25) is 4.79 Å². The number of nitrogens with two attached hydrogens (primary N) is 1. The lowest BCUT2D eigenvalue weighted by Gasteiger charge is -2.20. The van der Waals surface area contributed by atoms with Crippen molar-refractivity contribution in [2.45, 2.75) is 26.1 Å². The normalized spacial score (nSPS) is 12.8. The van der Waals surface area contributed by atoms with Gasteiger partial charge in [-0.2, -0.15) is 8.78 Å². The van der Waals surface area contributed by atoms with Crippen molar-refractivity contribution in [1.29, 1.82) is 0 Å². The number of rotatable bonds is 7. The lowest BCUT2D eigenvalue weighted by atomic mass is 9.94. The van der Waals surface area contributed by atoms with Crippen LogP contribution in [-0.2, 0) is 11.3 Å². The van der Waals surface area contributed by atoms with Crippen molar-refractivity contribution >= 4 is 18.3 Å². The van der Waals surface area contributed by atoms with Gasteiger partial charge in [0.2, 0.25) is 5.91 Å². The van der Waals surface area contributed by atoms with Gasteiger partial charge in [0.25, 0.3) is 0 Å². The molecule has 0 aliphatic carbocycles. The molecule has 4 nitrogen and oxygen atoms in total. The minimum Gasteiger partial charge on any atom is -0.435 e. The van der Waals surface area contributed by atoms with E-state index in [1.807, 2.05) is 30.3 Å². The van der Waals surface area contributed by atoms with Crippen LogP contribution >= 0.6 is 12.4 Å². The van der Waals surface area contributed by atoms with Gasteiger partial charge in [0, 0.05) is 12.6 Å². The van der Waals surface area contributed by atoms with E-state index in [1.165, 1.54) is 12.1 Å². The molecule has 0 aliphatic rings. The third-order valence-electron chi connectivity index (χ3n) is 3.75. The molecular weight excluding hydrogens is 350 g/mol. The summed E-state index contributed by atoms with van der Waals surface area (Å²) in [5.74, 6) is -0.479. The van der Waals surface area contributed by atoms with Crippen LogP contribution in [0.5, 0.6) is 5.75 Å². The standard InChI is InChI=1S/C18H20F2N2O2.ClH/c1-12(16(21)14-5-3-2-4-6-14)17(23)22-11-13-7-9-15(10-8-13)24-18(19)20;/h2-10,12,16,18H,11,21H2,1H3,(H,22,23);1H. The Morgan fingerprint density at radius 1 is 1.12 bits per heavy atom. The zero-order valence-corrected chi connectivity index (χ0v) is 14.5.